The fraction of sp³-hybridized carbons (Fsp3) is 0.118. The lowest BCUT2D eigenvalue weighted by Gasteiger charge is -2.19. The maximum Gasteiger partial charge on any atom is 0.253 e. The van der Waals surface area contributed by atoms with Crippen molar-refractivity contribution in [3.8, 4) is 0 Å². The molecule has 2 aromatic heterocycles. The van der Waals surface area contributed by atoms with E-state index in [0.717, 1.165) is 15.9 Å². The van der Waals surface area contributed by atoms with Crippen LogP contribution in [0.5, 0.6) is 0 Å². The van der Waals surface area contributed by atoms with Crippen LogP contribution >= 0.6 is 15.9 Å². The number of nitrogens with zero attached hydrogens (tertiary/aromatic N) is 3. The van der Waals surface area contributed by atoms with E-state index in [4.69, 9.17) is 0 Å². The number of carbonyl (C=O) groups is 1. The number of nitrogens with one attached hydrogen (secondary N) is 1. The minimum atomic E-state index is -0.331. The smallest absolute Gasteiger partial charge is 0.253 e. The molecule has 1 atom stereocenters. The molecule has 2 heterocycles. The van der Waals surface area contributed by atoms with E-state index in [2.05, 4.69) is 31.2 Å². The van der Waals surface area contributed by atoms with Gasteiger partial charge in [0.25, 0.3) is 5.91 Å². The molecule has 1 amide bonds. The Hall–Kier alpha value is -2.47. The summed E-state index contributed by atoms with van der Waals surface area (Å²) in [5, 5.41) is 3.04. The number of carbonyl (C=O) groups excluding carboxylic acids is 1. The topological polar surface area (TPSA) is 59.8 Å². The highest BCUT2D eigenvalue weighted by molar-refractivity contribution is 9.10. The third kappa shape index (κ3) is 3.48. The maximum absolute atomic E-state index is 12.6. The van der Waals surface area contributed by atoms with Crippen LogP contribution in [0.3, 0.4) is 0 Å². The first-order valence-electron chi connectivity index (χ1n) is 7.09. The van der Waals surface area contributed by atoms with Crippen molar-refractivity contribution in [1.82, 2.24) is 19.9 Å². The van der Waals surface area contributed by atoms with Crippen LogP contribution in [0, 0.1) is 0 Å². The fourth-order valence-electron chi connectivity index (χ4n) is 2.35. The van der Waals surface area contributed by atoms with Gasteiger partial charge in [-0.1, -0.05) is 30.3 Å². The number of pyridine rings is 1. The van der Waals surface area contributed by atoms with Crippen molar-refractivity contribution in [2.75, 3.05) is 0 Å². The number of hydrogen-bond donors (Lipinski definition) is 1. The van der Waals surface area contributed by atoms with E-state index in [-0.39, 0.29) is 11.9 Å². The minimum absolute atomic E-state index is 0.198. The normalized spacial score (nSPS) is 11.9. The molecule has 23 heavy (non-hydrogen) atoms. The van der Waals surface area contributed by atoms with Gasteiger partial charge < -0.3 is 9.88 Å². The fourth-order valence-corrected chi connectivity index (χ4v) is 2.71. The van der Waals surface area contributed by atoms with Crippen LogP contribution in [0.4, 0.5) is 0 Å². The Bertz CT molecular complexity index is 816. The van der Waals surface area contributed by atoms with Crippen LogP contribution < -0.4 is 5.32 Å². The lowest BCUT2D eigenvalue weighted by Crippen LogP contribution is -2.31. The first kappa shape index (κ1) is 15.4. The lowest BCUT2D eigenvalue weighted by molar-refractivity contribution is 0.0940. The van der Waals surface area contributed by atoms with Crippen molar-refractivity contribution in [2.24, 2.45) is 7.05 Å². The zero-order valence-corrected chi connectivity index (χ0v) is 14.1. The van der Waals surface area contributed by atoms with Gasteiger partial charge in [-0.3, -0.25) is 9.78 Å². The third-order valence-corrected chi connectivity index (χ3v) is 3.93. The van der Waals surface area contributed by atoms with Gasteiger partial charge in [0.05, 0.1) is 5.56 Å². The Morgan fingerprint density at radius 1 is 1.26 bits per heavy atom. The van der Waals surface area contributed by atoms with Crippen molar-refractivity contribution in [3.05, 3.63) is 82.6 Å². The monoisotopic (exact) mass is 370 g/mol. The van der Waals surface area contributed by atoms with Gasteiger partial charge in [0.15, 0.2) is 0 Å². The summed E-state index contributed by atoms with van der Waals surface area (Å²) in [6.07, 6.45) is 6.76. The van der Waals surface area contributed by atoms with Gasteiger partial charge in [0.1, 0.15) is 11.9 Å². The van der Waals surface area contributed by atoms with Crippen LogP contribution in [0.15, 0.2) is 65.7 Å². The Balaban J connectivity index is 1.94. The molecule has 0 radical (unpaired) electrons. The van der Waals surface area contributed by atoms with E-state index in [1.165, 1.54) is 0 Å². The largest absolute Gasteiger partial charge is 0.338 e. The quantitative estimate of drug-likeness (QED) is 0.767. The molecule has 0 fully saturated rings. The highest BCUT2D eigenvalue weighted by atomic mass is 79.9. The second-order valence-electron chi connectivity index (χ2n) is 5.11. The highest BCUT2D eigenvalue weighted by Crippen LogP contribution is 2.21. The molecule has 6 heteroatoms. The molecule has 0 spiro atoms. The van der Waals surface area contributed by atoms with E-state index in [0.29, 0.717) is 5.56 Å². The predicted molar refractivity (Wildman–Crippen MR) is 90.9 cm³/mol. The summed E-state index contributed by atoms with van der Waals surface area (Å²) in [4.78, 5) is 21.0. The molecule has 3 aromatic rings. The molecule has 0 aliphatic carbocycles. The highest BCUT2D eigenvalue weighted by Gasteiger charge is 2.21. The number of aromatic nitrogens is 3. The molecule has 0 aliphatic rings. The zero-order chi connectivity index (χ0) is 16.2. The third-order valence-electron chi connectivity index (χ3n) is 3.49. The average Bonchev–Trinajstić information content (AvgIpc) is 2.99. The van der Waals surface area contributed by atoms with Crippen LogP contribution in [-0.4, -0.2) is 20.4 Å². The molecular formula is C17H15BrN4O. The van der Waals surface area contributed by atoms with Crippen molar-refractivity contribution in [2.45, 2.75) is 6.04 Å². The molecule has 0 saturated carbocycles. The standard InChI is InChI=1S/C17H15BrN4O/c1-22-8-7-20-16(22)15(12-5-3-2-4-6-12)21-17(23)13-9-14(18)11-19-10-13/h2-11,15H,1H3,(H,21,23). The van der Waals surface area contributed by atoms with Crippen LogP contribution in [0.2, 0.25) is 0 Å². The van der Waals surface area contributed by atoms with E-state index in [1.54, 1.807) is 24.7 Å². The molecule has 1 aromatic carbocycles. The van der Waals surface area contributed by atoms with E-state index in [1.807, 2.05) is 48.1 Å². The molecular weight excluding hydrogens is 356 g/mol. The van der Waals surface area contributed by atoms with Crippen LogP contribution in [0.25, 0.3) is 0 Å². The number of benzene rings is 1. The van der Waals surface area contributed by atoms with E-state index < -0.39 is 0 Å². The summed E-state index contributed by atoms with van der Waals surface area (Å²) in [5.41, 5.74) is 1.47. The number of halogens is 1. The van der Waals surface area contributed by atoms with Gasteiger partial charge in [-0.2, -0.15) is 0 Å². The summed E-state index contributed by atoms with van der Waals surface area (Å²) < 4.78 is 2.66. The molecule has 0 saturated heterocycles. The van der Waals surface area contributed by atoms with Gasteiger partial charge in [-0.15, -0.1) is 0 Å². The summed E-state index contributed by atoms with van der Waals surface area (Å²) in [5.74, 6) is 0.572. The first-order valence-corrected chi connectivity index (χ1v) is 7.88. The number of amides is 1. The zero-order valence-electron chi connectivity index (χ0n) is 12.5. The van der Waals surface area contributed by atoms with Gasteiger partial charge in [-0.05, 0) is 27.6 Å². The van der Waals surface area contributed by atoms with Crippen LogP contribution in [-0.2, 0) is 7.05 Å². The minimum Gasteiger partial charge on any atom is -0.338 e. The van der Waals surface area contributed by atoms with Gasteiger partial charge >= 0.3 is 0 Å². The Morgan fingerprint density at radius 2 is 2.04 bits per heavy atom. The average molecular weight is 371 g/mol. The molecule has 1 unspecified atom stereocenters. The summed E-state index contributed by atoms with van der Waals surface area (Å²) >= 11 is 3.33. The second-order valence-corrected chi connectivity index (χ2v) is 6.02. The molecule has 5 nitrogen and oxygen atoms in total. The van der Waals surface area contributed by atoms with Crippen molar-refractivity contribution in [1.29, 1.82) is 0 Å². The van der Waals surface area contributed by atoms with Gasteiger partial charge in [-0.25, -0.2) is 4.98 Å². The number of aryl methyl sites for hydroxylation is 1. The molecule has 0 bridgehead atoms. The molecule has 116 valence electrons. The second kappa shape index (κ2) is 6.75. The first-order chi connectivity index (χ1) is 11.1. The van der Waals surface area contributed by atoms with Crippen molar-refractivity contribution >= 4 is 21.8 Å². The maximum atomic E-state index is 12.6. The predicted octanol–water partition coefficient (Wildman–Crippen LogP) is 3.10. The summed E-state index contributed by atoms with van der Waals surface area (Å²) in [7, 11) is 1.91. The molecule has 3 rings (SSSR count). The van der Waals surface area contributed by atoms with Crippen molar-refractivity contribution in [3.63, 3.8) is 0 Å². The number of hydrogen-bond acceptors (Lipinski definition) is 3. The summed E-state index contributed by atoms with van der Waals surface area (Å²) in [6.45, 7) is 0. The van der Waals surface area contributed by atoms with E-state index >= 15 is 0 Å². The number of imidazole rings is 1. The Morgan fingerprint density at radius 3 is 2.70 bits per heavy atom. The Kier molecular flexibility index (Phi) is 4.52. The summed E-state index contributed by atoms with van der Waals surface area (Å²) in [6, 6.07) is 11.2. The lowest BCUT2D eigenvalue weighted by atomic mass is 10.1. The van der Waals surface area contributed by atoms with E-state index in [9.17, 15) is 4.79 Å². The van der Waals surface area contributed by atoms with Gasteiger partial charge in [0, 0.05) is 36.3 Å². The Labute approximate surface area is 142 Å². The van der Waals surface area contributed by atoms with Crippen LogP contribution in [0.1, 0.15) is 27.8 Å². The van der Waals surface area contributed by atoms with Crippen molar-refractivity contribution < 1.29 is 4.79 Å². The number of rotatable bonds is 4. The molecule has 1 N–H and O–H groups in total. The SMILES string of the molecule is Cn1ccnc1C(NC(=O)c1cncc(Br)c1)c1ccccc1. The van der Waals surface area contributed by atoms with Gasteiger partial charge in [0.2, 0.25) is 0 Å². The molecule has 0 aliphatic heterocycles.